The molecule has 0 aromatic carbocycles. The van der Waals surface area contributed by atoms with Crippen molar-refractivity contribution < 1.29 is 9.53 Å². The normalized spacial score (nSPS) is 19.3. The zero-order chi connectivity index (χ0) is 18.8. The maximum atomic E-state index is 11.9. The molecule has 8 nitrogen and oxygen atoms in total. The van der Waals surface area contributed by atoms with E-state index in [1.807, 2.05) is 19.2 Å². The lowest BCUT2D eigenvalue weighted by Gasteiger charge is -2.18. The van der Waals surface area contributed by atoms with Crippen molar-refractivity contribution in [3.63, 3.8) is 0 Å². The zero-order valence-electron chi connectivity index (χ0n) is 15.1. The van der Waals surface area contributed by atoms with E-state index in [-0.39, 0.29) is 17.9 Å². The lowest BCUT2D eigenvalue weighted by molar-refractivity contribution is 0.0520. The number of thiazole rings is 1. The van der Waals surface area contributed by atoms with Gasteiger partial charge in [0.25, 0.3) is 0 Å². The van der Waals surface area contributed by atoms with Gasteiger partial charge in [-0.25, -0.2) is 24.7 Å². The molecule has 1 aliphatic rings. The number of esters is 1. The van der Waals surface area contributed by atoms with Gasteiger partial charge in [-0.15, -0.1) is 11.3 Å². The van der Waals surface area contributed by atoms with Crippen LogP contribution >= 0.6 is 11.3 Å². The summed E-state index contributed by atoms with van der Waals surface area (Å²) in [6.45, 7) is 4.96. The smallest absolute Gasteiger partial charge is 0.357 e. The summed E-state index contributed by atoms with van der Waals surface area (Å²) in [5.74, 6) is 0.382. The molecule has 0 aliphatic carbocycles. The number of hydrogen-bond donors (Lipinski definition) is 1. The van der Waals surface area contributed by atoms with E-state index in [0.717, 1.165) is 29.4 Å². The van der Waals surface area contributed by atoms with Crippen molar-refractivity contribution in [2.24, 2.45) is 0 Å². The number of imidazole rings is 1. The Balaban J connectivity index is 1.63. The van der Waals surface area contributed by atoms with Gasteiger partial charge in [-0.05, 0) is 32.9 Å². The Bertz CT molecular complexity index is 939. The number of nitrogens with zero attached hydrogens (tertiary/aromatic N) is 5. The molecule has 4 rings (SSSR count). The maximum Gasteiger partial charge on any atom is 0.357 e. The lowest BCUT2D eigenvalue weighted by atomic mass is 9.98. The highest BCUT2D eigenvalue weighted by atomic mass is 32.1. The van der Waals surface area contributed by atoms with Crippen LogP contribution < -0.4 is 5.32 Å². The monoisotopic (exact) mass is 384 g/mol. The quantitative estimate of drug-likeness (QED) is 0.675. The molecule has 1 N–H and O–H groups in total. The second-order valence-corrected chi connectivity index (χ2v) is 7.21. The van der Waals surface area contributed by atoms with Gasteiger partial charge in [0, 0.05) is 29.4 Å². The third-order valence-corrected chi connectivity index (χ3v) is 5.44. The average Bonchev–Trinajstić information content (AvgIpc) is 3.41. The van der Waals surface area contributed by atoms with Crippen molar-refractivity contribution in [1.82, 2.24) is 29.8 Å². The summed E-state index contributed by atoms with van der Waals surface area (Å²) < 4.78 is 6.84. The minimum atomic E-state index is -0.372. The Morgan fingerprint density at radius 3 is 3.07 bits per heavy atom. The van der Waals surface area contributed by atoms with E-state index < -0.39 is 0 Å². The highest BCUT2D eigenvalue weighted by Gasteiger charge is 2.33. The average molecular weight is 384 g/mol. The van der Waals surface area contributed by atoms with Crippen molar-refractivity contribution in [3.8, 4) is 5.95 Å². The molecule has 3 aromatic heterocycles. The first-order valence-corrected chi connectivity index (χ1v) is 9.73. The van der Waals surface area contributed by atoms with Gasteiger partial charge in [0.1, 0.15) is 6.33 Å². The van der Waals surface area contributed by atoms with Crippen LogP contribution in [-0.2, 0) is 4.74 Å². The molecule has 140 valence electrons. The molecule has 1 aliphatic heterocycles. The first kappa shape index (κ1) is 17.7. The highest BCUT2D eigenvalue weighted by Crippen LogP contribution is 2.38. The van der Waals surface area contributed by atoms with Crippen LogP contribution in [0.5, 0.6) is 0 Å². The number of aromatic nitrogens is 5. The second-order valence-electron chi connectivity index (χ2n) is 6.32. The number of rotatable bonds is 5. The number of carbonyl (C=O) groups excluding carboxylic acids is 1. The fourth-order valence-corrected chi connectivity index (χ4v) is 4.23. The van der Waals surface area contributed by atoms with E-state index in [1.54, 1.807) is 29.4 Å². The topological polar surface area (TPSA) is 94.8 Å². The zero-order valence-corrected chi connectivity index (χ0v) is 15.9. The minimum absolute atomic E-state index is 0.0233. The molecule has 3 aromatic rings. The van der Waals surface area contributed by atoms with Gasteiger partial charge in [-0.2, -0.15) is 0 Å². The largest absolute Gasteiger partial charge is 0.461 e. The van der Waals surface area contributed by atoms with Gasteiger partial charge in [-0.3, -0.25) is 4.57 Å². The van der Waals surface area contributed by atoms with Crippen molar-refractivity contribution in [2.45, 2.75) is 32.2 Å². The van der Waals surface area contributed by atoms with E-state index >= 15 is 0 Å². The van der Waals surface area contributed by atoms with Gasteiger partial charge in [0.15, 0.2) is 5.69 Å². The second kappa shape index (κ2) is 7.53. The fraction of sp³-hybridized carbons (Fsp3) is 0.389. The number of hydrogen-bond acceptors (Lipinski definition) is 8. The Morgan fingerprint density at radius 2 is 2.30 bits per heavy atom. The lowest BCUT2D eigenvalue weighted by Crippen LogP contribution is -2.20. The van der Waals surface area contributed by atoms with E-state index in [9.17, 15) is 4.79 Å². The van der Waals surface area contributed by atoms with Crippen LogP contribution in [0.15, 0.2) is 30.2 Å². The standard InChI is InChI=1S/C18H20N6O2S/c1-3-26-17(25)14-9-27-16(22-14)12-4-5-20-15(12)13-8-11(2)21-18(23-13)24-7-6-19-10-24/h6-10,12,15,20H,3-5H2,1-2H3. The first-order chi connectivity index (χ1) is 13.2. The Kier molecular flexibility index (Phi) is 4.95. The summed E-state index contributed by atoms with van der Waals surface area (Å²) in [6.07, 6.45) is 6.15. The van der Waals surface area contributed by atoms with Gasteiger partial charge < -0.3 is 10.1 Å². The van der Waals surface area contributed by atoms with E-state index in [4.69, 9.17) is 9.72 Å². The third-order valence-electron chi connectivity index (χ3n) is 4.46. The summed E-state index contributed by atoms with van der Waals surface area (Å²) in [5, 5.41) is 6.21. The molecule has 1 saturated heterocycles. The molecule has 0 saturated carbocycles. The predicted octanol–water partition coefficient (Wildman–Crippen LogP) is 2.42. The fourth-order valence-electron chi connectivity index (χ4n) is 3.27. The molecule has 0 amide bonds. The third kappa shape index (κ3) is 3.60. The van der Waals surface area contributed by atoms with Crippen molar-refractivity contribution in [3.05, 3.63) is 52.3 Å². The van der Waals surface area contributed by atoms with E-state index in [1.165, 1.54) is 11.3 Å². The summed E-state index contributed by atoms with van der Waals surface area (Å²) >= 11 is 1.50. The van der Waals surface area contributed by atoms with Crippen LogP contribution in [0, 0.1) is 6.92 Å². The molecular weight excluding hydrogens is 364 g/mol. The number of aryl methyl sites for hydroxylation is 1. The summed E-state index contributed by atoms with van der Waals surface area (Å²) in [7, 11) is 0. The van der Waals surface area contributed by atoms with E-state index in [0.29, 0.717) is 18.2 Å². The van der Waals surface area contributed by atoms with Gasteiger partial charge in [0.05, 0.1) is 23.4 Å². The van der Waals surface area contributed by atoms with Crippen LogP contribution in [-0.4, -0.2) is 43.6 Å². The van der Waals surface area contributed by atoms with Crippen molar-refractivity contribution in [2.75, 3.05) is 13.2 Å². The van der Waals surface area contributed by atoms with Crippen molar-refractivity contribution >= 4 is 17.3 Å². The molecule has 9 heteroatoms. The maximum absolute atomic E-state index is 11.9. The summed E-state index contributed by atoms with van der Waals surface area (Å²) in [4.78, 5) is 29.8. The predicted molar refractivity (Wildman–Crippen MR) is 100 cm³/mol. The Hall–Kier alpha value is -2.65. The van der Waals surface area contributed by atoms with Crippen molar-refractivity contribution in [1.29, 1.82) is 0 Å². The molecule has 0 radical (unpaired) electrons. The van der Waals surface area contributed by atoms with Crippen LogP contribution in [0.1, 0.15) is 52.2 Å². The van der Waals surface area contributed by atoms with Crippen LogP contribution in [0.2, 0.25) is 0 Å². The molecule has 0 bridgehead atoms. The Morgan fingerprint density at radius 1 is 1.41 bits per heavy atom. The number of nitrogens with one attached hydrogen (secondary N) is 1. The van der Waals surface area contributed by atoms with Crippen LogP contribution in [0.25, 0.3) is 5.95 Å². The van der Waals surface area contributed by atoms with E-state index in [2.05, 4.69) is 20.3 Å². The molecule has 0 spiro atoms. The molecule has 2 unspecified atom stereocenters. The minimum Gasteiger partial charge on any atom is -0.461 e. The van der Waals surface area contributed by atoms with Gasteiger partial charge in [0.2, 0.25) is 5.95 Å². The van der Waals surface area contributed by atoms with Crippen LogP contribution in [0.3, 0.4) is 0 Å². The molecule has 27 heavy (non-hydrogen) atoms. The molecular formula is C18H20N6O2S. The van der Waals surface area contributed by atoms with Gasteiger partial charge in [-0.1, -0.05) is 0 Å². The number of ether oxygens (including phenoxy) is 1. The highest BCUT2D eigenvalue weighted by molar-refractivity contribution is 7.09. The number of carbonyl (C=O) groups is 1. The molecule has 2 atom stereocenters. The summed E-state index contributed by atoms with van der Waals surface area (Å²) in [6, 6.07) is 2.02. The van der Waals surface area contributed by atoms with Crippen LogP contribution in [0.4, 0.5) is 0 Å². The SMILES string of the molecule is CCOC(=O)c1csc(C2CCNC2c2cc(C)nc(-n3ccnc3)n2)n1. The Labute approximate surface area is 160 Å². The first-order valence-electron chi connectivity index (χ1n) is 8.85. The molecule has 4 heterocycles. The van der Waals surface area contributed by atoms with Gasteiger partial charge >= 0.3 is 5.97 Å². The summed E-state index contributed by atoms with van der Waals surface area (Å²) in [5.41, 5.74) is 2.18. The molecule has 1 fully saturated rings.